The standard InChI is InChI=1S/C23H35NO5/c1-14(2)11-16(12-19(26)29-23(3,4)5)22(27)24-21-18(13-25)20(21)15-7-9-17(28-6)10-8-15/h7-10,14,16,18,20-21,25H,11-13H2,1-6H3,(H,24,27)/t16-,18+,20-,21-/m1/s1. The third-order valence-electron chi connectivity index (χ3n) is 5.15. The molecule has 162 valence electrons. The van der Waals surface area contributed by atoms with Crippen LogP contribution in [0.1, 0.15) is 58.9 Å². The summed E-state index contributed by atoms with van der Waals surface area (Å²) in [7, 11) is 1.62. The third kappa shape index (κ3) is 6.74. The number of nitrogens with one attached hydrogen (secondary N) is 1. The van der Waals surface area contributed by atoms with E-state index in [1.165, 1.54) is 0 Å². The van der Waals surface area contributed by atoms with E-state index in [4.69, 9.17) is 9.47 Å². The van der Waals surface area contributed by atoms with Gasteiger partial charge in [0.2, 0.25) is 5.91 Å². The summed E-state index contributed by atoms with van der Waals surface area (Å²) in [6.07, 6.45) is 0.666. The van der Waals surface area contributed by atoms with E-state index in [2.05, 4.69) is 5.32 Å². The molecule has 1 fully saturated rings. The summed E-state index contributed by atoms with van der Waals surface area (Å²) in [6, 6.07) is 7.56. The molecule has 1 saturated carbocycles. The number of benzene rings is 1. The Morgan fingerprint density at radius 1 is 1.17 bits per heavy atom. The molecule has 1 aliphatic rings. The second kappa shape index (κ2) is 9.61. The molecule has 2 rings (SSSR count). The van der Waals surface area contributed by atoms with Gasteiger partial charge in [0.05, 0.1) is 13.5 Å². The van der Waals surface area contributed by atoms with Gasteiger partial charge in [-0.25, -0.2) is 0 Å². The van der Waals surface area contributed by atoms with Crippen molar-refractivity contribution in [3.8, 4) is 5.75 Å². The Morgan fingerprint density at radius 2 is 1.79 bits per heavy atom. The van der Waals surface area contributed by atoms with Crippen molar-refractivity contribution in [2.75, 3.05) is 13.7 Å². The summed E-state index contributed by atoms with van der Waals surface area (Å²) in [5.41, 5.74) is 0.483. The molecule has 6 nitrogen and oxygen atoms in total. The van der Waals surface area contributed by atoms with Crippen LogP contribution in [0.3, 0.4) is 0 Å². The first-order valence-electron chi connectivity index (χ1n) is 10.3. The monoisotopic (exact) mass is 405 g/mol. The van der Waals surface area contributed by atoms with E-state index in [-0.39, 0.29) is 48.7 Å². The van der Waals surface area contributed by atoms with Crippen LogP contribution in [0.15, 0.2) is 24.3 Å². The lowest BCUT2D eigenvalue weighted by Crippen LogP contribution is -2.37. The minimum atomic E-state index is -0.576. The van der Waals surface area contributed by atoms with Gasteiger partial charge in [-0.15, -0.1) is 0 Å². The van der Waals surface area contributed by atoms with Gasteiger partial charge in [-0.2, -0.15) is 0 Å². The van der Waals surface area contributed by atoms with Gasteiger partial charge in [-0.05, 0) is 50.8 Å². The molecule has 0 aliphatic heterocycles. The van der Waals surface area contributed by atoms with Crippen molar-refractivity contribution in [2.45, 2.75) is 65.0 Å². The molecule has 4 atom stereocenters. The fourth-order valence-corrected chi connectivity index (χ4v) is 3.80. The Hall–Kier alpha value is -2.08. The van der Waals surface area contributed by atoms with Crippen LogP contribution in [-0.4, -0.2) is 42.3 Å². The molecule has 1 aliphatic carbocycles. The van der Waals surface area contributed by atoms with Crippen molar-refractivity contribution in [1.29, 1.82) is 0 Å². The minimum absolute atomic E-state index is 0.00254. The number of rotatable bonds is 9. The average molecular weight is 406 g/mol. The smallest absolute Gasteiger partial charge is 0.307 e. The van der Waals surface area contributed by atoms with E-state index < -0.39 is 11.5 Å². The number of aliphatic hydroxyl groups is 1. The molecule has 0 saturated heterocycles. The maximum Gasteiger partial charge on any atom is 0.307 e. The first-order valence-corrected chi connectivity index (χ1v) is 10.3. The molecule has 0 unspecified atom stereocenters. The maximum atomic E-state index is 12.9. The normalized spacial score (nSPS) is 22.1. The van der Waals surface area contributed by atoms with Gasteiger partial charge >= 0.3 is 5.97 Å². The van der Waals surface area contributed by atoms with Gasteiger partial charge in [-0.1, -0.05) is 26.0 Å². The summed E-state index contributed by atoms with van der Waals surface area (Å²) >= 11 is 0. The van der Waals surface area contributed by atoms with Crippen LogP contribution < -0.4 is 10.1 Å². The van der Waals surface area contributed by atoms with Crippen molar-refractivity contribution in [3.63, 3.8) is 0 Å². The zero-order chi connectivity index (χ0) is 21.8. The zero-order valence-electron chi connectivity index (χ0n) is 18.4. The molecule has 0 bridgehead atoms. The fourth-order valence-electron chi connectivity index (χ4n) is 3.80. The number of amides is 1. The molecule has 1 aromatic rings. The number of carbonyl (C=O) groups is 2. The van der Waals surface area contributed by atoms with Crippen LogP contribution in [0, 0.1) is 17.8 Å². The largest absolute Gasteiger partial charge is 0.497 e. The van der Waals surface area contributed by atoms with Gasteiger partial charge in [0, 0.05) is 30.4 Å². The summed E-state index contributed by atoms with van der Waals surface area (Å²) < 4.78 is 10.6. The number of carbonyl (C=O) groups excluding carboxylic acids is 2. The summed E-state index contributed by atoms with van der Waals surface area (Å²) in [6.45, 7) is 9.52. The molecule has 0 heterocycles. The molecule has 0 radical (unpaired) electrons. The predicted molar refractivity (Wildman–Crippen MR) is 112 cm³/mol. The van der Waals surface area contributed by atoms with Crippen LogP contribution >= 0.6 is 0 Å². The number of esters is 1. The lowest BCUT2D eigenvalue weighted by atomic mass is 9.93. The number of aliphatic hydroxyl groups excluding tert-OH is 1. The lowest BCUT2D eigenvalue weighted by Gasteiger charge is -2.23. The Bertz CT molecular complexity index is 692. The molecule has 29 heavy (non-hydrogen) atoms. The highest BCUT2D eigenvalue weighted by Gasteiger charge is 2.51. The topological polar surface area (TPSA) is 84.9 Å². The Morgan fingerprint density at radius 3 is 2.28 bits per heavy atom. The van der Waals surface area contributed by atoms with Crippen molar-refractivity contribution < 1.29 is 24.2 Å². The van der Waals surface area contributed by atoms with Crippen molar-refractivity contribution in [2.24, 2.45) is 17.8 Å². The molecule has 1 amide bonds. The molecule has 6 heteroatoms. The zero-order valence-corrected chi connectivity index (χ0v) is 18.4. The van der Waals surface area contributed by atoms with E-state index in [0.29, 0.717) is 6.42 Å². The van der Waals surface area contributed by atoms with E-state index in [1.54, 1.807) is 7.11 Å². The van der Waals surface area contributed by atoms with Crippen LogP contribution in [0.5, 0.6) is 5.75 Å². The van der Waals surface area contributed by atoms with Crippen molar-refractivity contribution in [1.82, 2.24) is 5.32 Å². The fraction of sp³-hybridized carbons (Fsp3) is 0.652. The second-order valence-corrected chi connectivity index (χ2v) is 9.30. The molecule has 1 aromatic carbocycles. The highest BCUT2D eigenvalue weighted by atomic mass is 16.6. The van der Waals surface area contributed by atoms with Gasteiger partial charge in [-0.3, -0.25) is 9.59 Å². The Balaban J connectivity index is 2.04. The number of ether oxygens (including phenoxy) is 2. The summed E-state index contributed by atoms with van der Waals surface area (Å²) in [5, 5.41) is 12.8. The molecule has 2 N–H and O–H groups in total. The Kier molecular flexibility index (Phi) is 7.69. The molecular formula is C23H35NO5. The number of hydrogen-bond donors (Lipinski definition) is 2. The van der Waals surface area contributed by atoms with Crippen LogP contribution in [0.25, 0.3) is 0 Å². The summed E-state index contributed by atoms with van der Waals surface area (Å²) in [5.74, 6) is 0.137. The highest BCUT2D eigenvalue weighted by Crippen LogP contribution is 2.48. The van der Waals surface area contributed by atoms with Crippen LogP contribution in [0.4, 0.5) is 0 Å². The van der Waals surface area contributed by atoms with Crippen molar-refractivity contribution in [3.05, 3.63) is 29.8 Å². The molecule has 0 spiro atoms. The molecular weight excluding hydrogens is 370 g/mol. The second-order valence-electron chi connectivity index (χ2n) is 9.30. The maximum absolute atomic E-state index is 12.9. The first kappa shape index (κ1) is 23.2. The average Bonchev–Trinajstić information content (AvgIpc) is 3.31. The molecule has 0 aromatic heterocycles. The number of hydrogen-bond acceptors (Lipinski definition) is 5. The highest BCUT2D eigenvalue weighted by molar-refractivity contribution is 5.84. The van der Waals surface area contributed by atoms with E-state index >= 15 is 0 Å². The summed E-state index contributed by atoms with van der Waals surface area (Å²) in [4.78, 5) is 25.2. The van der Waals surface area contributed by atoms with Gasteiger partial charge in [0.1, 0.15) is 11.4 Å². The van der Waals surface area contributed by atoms with Crippen LogP contribution in [0.2, 0.25) is 0 Å². The quantitative estimate of drug-likeness (QED) is 0.616. The first-order chi connectivity index (χ1) is 13.6. The minimum Gasteiger partial charge on any atom is -0.497 e. The van der Waals surface area contributed by atoms with Crippen molar-refractivity contribution >= 4 is 11.9 Å². The Labute approximate surface area is 174 Å². The third-order valence-corrected chi connectivity index (χ3v) is 5.15. The van der Waals surface area contributed by atoms with E-state index in [1.807, 2.05) is 58.9 Å². The van der Waals surface area contributed by atoms with E-state index in [9.17, 15) is 14.7 Å². The SMILES string of the molecule is COc1ccc([C@@H]2[C@H](CO)[C@H]2NC(=O)[C@@H](CC(=O)OC(C)(C)C)CC(C)C)cc1. The number of methoxy groups -OCH3 is 1. The van der Waals surface area contributed by atoms with Crippen LogP contribution in [-0.2, 0) is 14.3 Å². The van der Waals surface area contributed by atoms with Gasteiger partial charge in [0.15, 0.2) is 0 Å². The predicted octanol–water partition coefficient (Wildman–Crippen LogP) is 3.28. The van der Waals surface area contributed by atoms with Gasteiger partial charge < -0.3 is 19.9 Å². The van der Waals surface area contributed by atoms with Gasteiger partial charge in [0.25, 0.3) is 0 Å². The lowest BCUT2D eigenvalue weighted by molar-refractivity contribution is -0.157. The van der Waals surface area contributed by atoms with E-state index in [0.717, 1.165) is 11.3 Å².